The second kappa shape index (κ2) is 5.79. The van der Waals surface area contributed by atoms with E-state index >= 15 is 0 Å². The first-order valence-electron chi connectivity index (χ1n) is 7.67. The van der Waals surface area contributed by atoms with Crippen molar-refractivity contribution in [3.05, 3.63) is 21.9 Å². The second-order valence-electron chi connectivity index (χ2n) is 6.26. The fourth-order valence-electron chi connectivity index (χ4n) is 3.56. The summed E-state index contributed by atoms with van der Waals surface area (Å²) in [6.07, 6.45) is 5.30. The summed E-state index contributed by atoms with van der Waals surface area (Å²) in [6, 6.07) is 2.08. The molecule has 0 spiro atoms. The van der Waals surface area contributed by atoms with Gasteiger partial charge in [-0.2, -0.15) is 0 Å². The van der Waals surface area contributed by atoms with Crippen LogP contribution in [0, 0.1) is 5.41 Å². The first-order valence-corrected chi connectivity index (χ1v) is 8.55. The maximum atomic E-state index is 12.6. The lowest BCUT2D eigenvalue weighted by atomic mass is 9.71. The summed E-state index contributed by atoms with van der Waals surface area (Å²) in [5, 5.41) is 11.7. The predicted molar refractivity (Wildman–Crippen MR) is 81.2 cm³/mol. The van der Waals surface area contributed by atoms with Crippen molar-refractivity contribution < 1.29 is 14.7 Å². The molecule has 4 nitrogen and oxygen atoms in total. The molecule has 5 heteroatoms. The smallest absolute Gasteiger partial charge is 0.310 e. The van der Waals surface area contributed by atoms with E-state index in [1.165, 1.54) is 10.4 Å². The van der Waals surface area contributed by atoms with Crippen LogP contribution in [0.1, 0.15) is 49.0 Å². The van der Waals surface area contributed by atoms with Gasteiger partial charge >= 0.3 is 5.97 Å². The molecule has 0 radical (unpaired) electrons. The first-order chi connectivity index (χ1) is 10.1. The van der Waals surface area contributed by atoms with E-state index in [1.54, 1.807) is 11.3 Å². The summed E-state index contributed by atoms with van der Waals surface area (Å²) in [7, 11) is 0. The van der Waals surface area contributed by atoms with E-state index in [0.29, 0.717) is 19.4 Å². The minimum Gasteiger partial charge on any atom is -0.481 e. The number of carbonyl (C=O) groups is 2. The SMILES string of the molecule is O=C(CC1(C(=O)O)CCCCC1)N1CCc2sccc2C1. The van der Waals surface area contributed by atoms with Crippen LogP contribution in [-0.4, -0.2) is 28.4 Å². The Morgan fingerprint density at radius 1 is 1.29 bits per heavy atom. The van der Waals surface area contributed by atoms with Gasteiger partial charge in [0.2, 0.25) is 5.91 Å². The monoisotopic (exact) mass is 307 g/mol. The van der Waals surface area contributed by atoms with Crippen LogP contribution in [0.5, 0.6) is 0 Å². The maximum absolute atomic E-state index is 12.6. The van der Waals surface area contributed by atoms with Gasteiger partial charge in [0.05, 0.1) is 5.41 Å². The summed E-state index contributed by atoms with van der Waals surface area (Å²) < 4.78 is 0. The van der Waals surface area contributed by atoms with Crippen LogP contribution in [0.15, 0.2) is 11.4 Å². The van der Waals surface area contributed by atoms with Crippen LogP contribution in [0.25, 0.3) is 0 Å². The van der Waals surface area contributed by atoms with E-state index in [1.807, 2.05) is 4.90 Å². The molecule has 1 saturated carbocycles. The molecule has 1 aromatic rings. The number of rotatable bonds is 3. The molecule has 2 heterocycles. The largest absolute Gasteiger partial charge is 0.481 e. The van der Waals surface area contributed by atoms with Gasteiger partial charge in [0.1, 0.15) is 0 Å². The van der Waals surface area contributed by atoms with Crippen molar-refractivity contribution in [3.8, 4) is 0 Å². The Morgan fingerprint density at radius 3 is 2.76 bits per heavy atom. The van der Waals surface area contributed by atoms with E-state index in [-0.39, 0.29) is 12.3 Å². The Bertz CT molecular complexity index is 545. The normalized spacial score (nSPS) is 20.9. The van der Waals surface area contributed by atoms with Gasteiger partial charge in [0.15, 0.2) is 0 Å². The first kappa shape index (κ1) is 14.6. The number of fused-ring (bicyclic) bond motifs is 1. The number of carboxylic acids is 1. The lowest BCUT2D eigenvalue weighted by molar-refractivity contribution is -0.156. The van der Waals surface area contributed by atoms with Crippen molar-refractivity contribution in [2.75, 3.05) is 6.54 Å². The Hall–Kier alpha value is -1.36. The highest BCUT2D eigenvalue weighted by Crippen LogP contribution is 2.40. The molecule has 3 rings (SSSR count). The van der Waals surface area contributed by atoms with Crippen molar-refractivity contribution in [1.29, 1.82) is 0 Å². The van der Waals surface area contributed by atoms with Crippen LogP contribution >= 0.6 is 11.3 Å². The summed E-state index contributed by atoms with van der Waals surface area (Å²) in [5.74, 6) is -0.778. The molecular weight excluding hydrogens is 286 g/mol. The van der Waals surface area contributed by atoms with Gasteiger partial charge in [-0.15, -0.1) is 11.3 Å². The third-order valence-electron chi connectivity index (χ3n) is 4.91. The Kier molecular flexibility index (Phi) is 4.02. The molecule has 114 valence electrons. The summed E-state index contributed by atoms with van der Waals surface area (Å²) in [4.78, 5) is 27.5. The van der Waals surface area contributed by atoms with Gasteiger partial charge < -0.3 is 10.0 Å². The van der Waals surface area contributed by atoms with E-state index in [2.05, 4.69) is 11.4 Å². The third-order valence-corrected chi connectivity index (χ3v) is 5.94. The molecule has 0 saturated heterocycles. The highest BCUT2D eigenvalue weighted by molar-refractivity contribution is 7.10. The summed E-state index contributed by atoms with van der Waals surface area (Å²) in [6.45, 7) is 1.37. The zero-order valence-corrected chi connectivity index (χ0v) is 13.0. The standard InChI is InChI=1S/C16H21NO3S/c18-14(10-16(15(19)20)6-2-1-3-7-16)17-8-4-13-12(11-17)5-9-21-13/h5,9H,1-4,6-8,10-11H2,(H,19,20). The molecule has 1 amide bonds. The molecule has 0 bridgehead atoms. The number of carboxylic acid groups (broad SMARTS) is 1. The van der Waals surface area contributed by atoms with Crippen molar-refractivity contribution >= 4 is 23.2 Å². The van der Waals surface area contributed by atoms with Gasteiger partial charge in [0.25, 0.3) is 0 Å². The highest BCUT2D eigenvalue weighted by Gasteiger charge is 2.42. The van der Waals surface area contributed by atoms with Crippen molar-refractivity contribution in [2.45, 2.75) is 51.5 Å². The zero-order chi connectivity index (χ0) is 14.9. The number of hydrogen-bond acceptors (Lipinski definition) is 3. The second-order valence-corrected chi connectivity index (χ2v) is 7.26. The minimum atomic E-state index is -0.815. The molecule has 21 heavy (non-hydrogen) atoms. The van der Waals surface area contributed by atoms with Gasteiger partial charge in [-0.3, -0.25) is 9.59 Å². The maximum Gasteiger partial charge on any atom is 0.310 e. The van der Waals surface area contributed by atoms with Gasteiger partial charge in [-0.05, 0) is 36.3 Å². The van der Waals surface area contributed by atoms with Crippen LogP contribution in [-0.2, 0) is 22.6 Å². The number of aliphatic carboxylic acids is 1. The van der Waals surface area contributed by atoms with Crippen LogP contribution < -0.4 is 0 Å². The third kappa shape index (κ3) is 2.84. The molecule has 0 aromatic carbocycles. The lowest BCUT2D eigenvalue weighted by Gasteiger charge is -2.35. The number of carbonyl (C=O) groups excluding carboxylic acids is 1. The van der Waals surface area contributed by atoms with E-state index in [0.717, 1.165) is 32.2 Å². The molecule has 1 N–H and O–H groups in total. The molecule has 0 atom stereocenters. The summed E-state index contributed by atoms with van der Waals surface area (Å²) >= 11 is 1.75. The van der Waals surface area contributed by atoms with Gasteiger partial charge in [-0.1, -0.05) is 19.3 Å². The molecule has 1 aliphatic heterocycles. The molecular formula is C16H21NO3S. The minimum absolute atomic E-state index is 0.0103. The van der Waals surface area contributed by atoms with E-state index < -0.39 is 11.4 Å². The fourth-order valence-corrected chi connectivity index (χ4v) is 4.45. The Morgan fingerprint density at radius 2 is 2.05 bits per heavy atom. The quantitative estimate of drug-likeness (QED) is 0.933. The Balaban J connectivity index is 1.69. The number of amides is 1. The Labute approximate surface area is 128 Å². The number of thiophene rings is 1. The zero-order valence-electron chi connectivity index (χ0n) is 12.1. The van der Waals surface area contributed by atoms with Crippen LogP contribution in [0.3, 0.4) is 0 Å². The van der Waals surface area contributed by atoms with Gasteiger partial charge in [0, 0.05) is 24.4 Å². The van der Waals surface area contributed by atoms with Crippen LogP contribution in [0.2, 0.25) is 0 Å². The van der Waals surface area contributed by atoms with Crippen LogP contribution in [0.4, 0.5) is 0 Å². The molecule has 1 aliphatic carbocycles. The van der Waals surface area contributed by atoms with Crippen molar-refractivity contribution in [3.63, 3.8) is 0 Å². The summed E-state index contributed by atoms with van der Waals surface area (Å²) in [5.41, 5.74) is 0.414. The predicted octanol–water partition coefficient (Wildman–Crippen LogP) is 3.06. The molecule has 0 unspecified atom stereocenters. The van der Waals surface area contributed by atoms with E-state index in [9.17, 15) is 14.7 Å². The molecule has 2 aliphatic rings. The number of nitrogens with zero attached hydrogens (tertiary/aromatic N) is 1. The molecule has 1 aromatic heterocycles. The van der Waals surface area contributed by atoms with Crippen molar-refractivity contribution in [2.24, 2.45) is 5.41 Å². The molecule has 1 fully saturated rings. The fraction of sp³-hybridized carbons (Fsp3) is 0.625. The lowest BCUT2D eigenvalue weighted by Crippen LogP contribution is -2.42. The highest BCUT2D eigenvalue weighted by atomic mass is 32.1. The average molecular weight is 307 g/mol. The van der Waals surface area contributed by atoms with E-state index in [4.69, 9.17) is 0 Å². The average Bonchev–Trinajstić information content (AvgIpc) is 2.95. The number of hydrogen-bond donors (Lipinski definition) is 1. The van der Waals surface area contributed by atoms with Gasteiger partial charge in [-0.25, -0.2) is 0 Å². The topological polar surface area (TPSA) is 57.6 Å². The van der Waals surface area contributed by atoms with Crippen molar-refractivity contribution in [1.82, 2.24) is 4.90 Å².